The summed E-state index contributed by atoms with van der Waals surface area (Å²) in [6, 6.07) is 12.8. The molecule has 0 aliphatic carbocycles. The topological polar surface area (TPSA) is 67.4 Å². The Bertz CT molecular complexity index is 686. The number of methoxy groups -OCH3 is 1. The van der Waals surface area contributed by atoms with Crippen LogP contribution in [0.15, 0.2) is 48.5 Å². The minimum atomic E-state index is -0.828. The van der Waals surface area contributed by atoms with Crippen molar-refractivity contribution in [1.82, 2.24) is 5.32 Å². The Morgan fingerprint density at radius 3 is 2.48 bits per heavy atom. The van der Waals surface area contributed by atoms with Crippen LogP contribution in [-0.4, -0.2) is 25.5 Å². The van der Waals surface area contributed by atoms with Crippen molar-refractivity contribution in [2.45, 2.75) is 6.42 Å². The van der Waals surface area contributed by atoms with Gasteiger partial charge >= 0.3 is 11.8 Å². The number of rotatable bonds is 5. The van der Waals surface area contributed by atoms with Gasteiger partial charge in [0.15, 0.2) is 0 Å². The number of nitrogens with one attached hydrogen (secondary N) is 2. The number of hydrogen-bond donors (Lipinski definition) is 2. The number of halogens is 1. The molecule has 5 nitrogen and oxygen atoms in total. The van der Waals surface area contributed by atoms with Crippen LogP contribution >= 0.6 is 0 Å². The summed E-state index contributed by atoms with van der Waals surface area (Å²) < 4.78 is 18.1. The summed E-state index contributed by atoms with van der Waals surface area (Å²) >= 11 is 0. The number of anilines is 1. The monoisotopic (exact) mass is 316 g/mol. The molecule has 0 heterocycles. The van der Waals surface area contributed by atoms with Crippen LogP contribution in [0.3, 0.4) is 0 Å². The maximum atomic E-state index is 13.0. The van der Waals surface area contributed by atoms with E-state index < -0.39 is 17.6 Å². The molecular weight excluding hydrogens is 299 g/mol. The normalized spacial score (nSPS) is 10.0. The van der Waals surface area contributed by atoms with Gasteiger partial charge in [-0.25, -0.2) is 4.39 Å². The third-order valence-corrected chi connectivity index (χ3v) is 3.15. The zero-order valence-corrected chi connectivity index (χ0v) is 12.6. The van der Waals surface area contributed by atoms with Gasteiger partial charge in [-0.2, -0.15) is 0 Å². The van der Waals surface area contributed by atoms with Crippen LogP contribution in [0.25, 0.3) is 0 Å². The van der Waals surface area contributed by atoms with Gasteiger partial charge in [0, 0.05) is 12.2 Å². The Hall–Kier alpha value is -2.89. The lowest BCUT2D eigenvalue weighted by atomic mass is 10.1. The molecule has 0 atom stereocenters. The molecule has 0 unspecified atom stereocenters. The van der Waals surface area contributed by atoms with Gasteiger partial charge in [0.1, 0.15) is 11.6 Å². The lowest BCUT2D eigenvalue weighted by Gasteiger charge is -2.07. The standard InChI is InChI=1S/C17H17FN2O3/c1-23-15-7-5-12(6-8-15)9-10-19-16(21)17(22)20-14-4-2-3-13(18)11-14/h2-8,11H,9-10H2,1H3,(H,19,21)(H,20,22). The lowest BCUT2D eigenvalue weighted by Crippen LogP contribution is -2.36. The molecule has 23 heavy (non-hydrogen) atoms. The first-order chi connectivity index (χ1) is 11.1. The molecule has 0 aliphatic rings. The third-order valence-electron chi connectivity index (χ3n) is 3.15. The number of carbonyl (C=O) groups is 2. The molecule has 2 aromatic rings. The van der Waals surface area contributed by atoms with E-state index >= 15 is 0 Å². The van der Waals surface area contributed by atoms with Crippen LogP contribution < -0.4 is 15.4 Å². The lowest BCUT2D eigenvalue weighted by molar-refractivity contribution is -0.136. The molecular formula is C17H17FN2O3. The van der Waals surface area contributed by atoms with E-state index in [2.05, 4.69) is 10.6 Å². The molecule has 0 bridgehead atoms. The molecule has 0 saturated carbocycles. The number of carbonyl (C=O) groups excluding carboxylic acids is 2. The van der Waals surface area contributed by atoms with Gasteiger partial charge in [-0.1, -0.05) is 18.2 Å². The van der Waals surface area contributed by atoms with Crippen molar-refractivity contribution >= 4 is 17.5 Å². The van der Waals surface area contributed by atoms with Gasteiger partial charge in [0.25, 0.3) is 0 Å². The first kappa shape index (κ1) is 16.5. The Labute approximate surface area is 133 Å². The van der Waals surface area contributed by atoms with Crippen molar-refractivity contribution in [1.29, 1.82) is 0 Å². The molecule has 2 amide bonds. The molecule has 0 aliphatic heterocycles. The number of hydrogen-bond acceptors (Lipinski definition) is 3. The molecule has 2 rings (SSSR count). The van der Waals surface area contributed by atoms with E-state index in [0.29, 0.717) is 13.0 Å². The van der Waals surface area contributed by atoms with Crippen molar-refractivity contribution in [2.75, 3.05) is 19.0 Å². The number of ether oxygens (including phenoxy) is 1. The number of amides is 2. The highest BCUT2D eigenvalue weighted by Crippen LogP contribution is 2.11. The molecule has 2 aromatic carbocycles. The third kappa shape index (κ3) is 5.10. The molecule has 0 spiro atoms. The van der Waals surface area contributed by atoms with Gasteiger partial charge in [0.2, 0.25) is 0 Å². The average Bonchev–Trinajstić information content (AvgIpc) is 2.55. The van der Waals surface area contributed by atoms with E-state index in [9.17, 15) is 14.0 Å². The fourth-order valence-electron chi connectivity index (χ4n) is 1.95. The summed E-state index contributed by atoms with van der Waals surface area (Å²) in [6.07, 6.45) is 0.586. The van der Waals surface area contributed by atoms with Gasteiger partial charge in [-0.3, -0.25) is 9.59 Å². The van der Waals surface area contributed by atoms with Gasteiger partial charge in [0.05, 0.1) is 7.11 Å². The van der Waals surface area contributed by atoms with E-state index in [1.807, 2.05) is 24.3 Å². The predicted octanol–water partition coefficient (Wildman–Crippen LogP) is 2.13. The maximum absolute atomic E-state index is 13.0. The molecule has 0 saturated heterocycles. The second-order valence-corrected chi connectivity index (χ2v) is 4.82. The van der Waals surface area contributed by atoms with Gasteiger partial charge in [-0.05, 0) is 42.3 Å². The second kappa shape index (κ2) is 7.93. The molecule has 120 valence electrons. The summed E-state index contributed by atoms with van der Waals surface area (Å²) in [5, 5.41) is 4.86. The van der Waals surface area contributed by atoms with Gasteiger partial charge < -0.3 is 15.4 Å². The summed E-state index contributed by atoms with van der Waals surface area (Å²) in [5.41, 5.74) is 1.25. The zero-order valence-electron chi connectivity index (χ0n) is 12.6. The van der Waals surface area contributed by atoms with E-state index in [1.165, 1.54) is 18.2 Å². The average molecular weight is 316 g/mol. The second-order valence-electron chi connectivity index (χ2n) is 4.82. The largest absolute Gasteiger partial charge is 0.497 e. The van der Waals surface area contributed by atoms with Crippen molar-refractivity contribution in [3.05, 3.63) is 59.9 Å². The van der Waals surface area contributed by atoms with Crippen LogP contribution in [0.4, 0.5) is 10.1 Å². The summed E-state index contributed by atoms with van der Waals surface area (Å²) in [7, 11) is 1.59. The first-order valence-electron chi connectivity index (χ1n) is 7.06. The van der Waals surface area contributed by atoms with Crippen LogP contribution in [-0.2, 0) is 16.0 Å². The van der Waals surface area contributed by atoms with E-state index in [0.717, 1.165) is 17.4 Å². The molecule has 0 fully saturated rings. The Morgan fingerprint density at radius 2 is 1.83 bits per heavy atom. The maximum Gasteiger partial charge on any atom is 0.313 e. The Kier molecular flexibility index (Phi) is 5.68. The minimum Gasteiger partial charge on any atom is -0.497 e. The predicted molar refractivity (Wildman–Crippen MR) is 84.7 cm³/mol. The van der Waals surface area contributed by atoms with Crippen molar-refractivity contribution in [3.8, 4) is 5.75 Å². The summed E-state index contributed by atoms with van der Waals surface area (Å²) in [5.74, 6) is -1.32. The van der Waals surface area contributed by atoms with E-state index in [-0.39, 0.29) is 5.69 Å². The minimum absolute atomic E-state index is 0.236. The van der Waals surface area contributed by atoms with E-state index in [1.54, 1.807) is 7.11 Å². The van der Waals surface area contributed by atoms with Crippen molar-refractivity contribution in [3.63, 3.8) is 0 Å². The van der Waals surface area contributed by atoms with Crippen LogP contribution in [0.1, 0.15) is 5.56 Å². The first-order valence-corrected chi connectivity index (χ1v) is 7.06. The molecule has 0 aromatic heterocycles. The summed E-state index contributed by atoms with van der Waals surface area (Å²) in [6.45, 7) is 0.321. The van der Waals surface area contributed by atoms with Crippen LogP contribution in [0, 0.1) is 5.82 Å². The fraction of sp³-hybridized carbons (Fsp3) is 0.176. The molecule has 2 N–H and O–H groups in total. The highest BCUT2D eigenvalue weighted by molar-refractivity contribution is 6.39. The molecule has 6 heteroatoms. The number of benzene rings is 2. The van der Waals surface area contributed by atoms with Crippen molar-refractivity contribution in [2.24, 2.45) is 0 Å². The van der Waals surface area contributed by atoms with Crippen molar-refractivity contribution < 1.29 is 18.7 Å². The quantitative estimate of drug-likeness (QED) is 0.831. The molecule has 0 radical (unpaired) electrons. The Morgan fingerprint density at radius 1 is 1.09 bits per heavy atom. The smallest absolute Gasteiger partial charge is 0.313 e. The Balaban J connectivity index is 1.78. The van der Waals surface area contributed by atoms with Crippen LogP contribution in [0.2, 0.25) is 0 Å². The highest BCUT2D eigenvalue weighted by Gasteiger charge is 2.13. The fourth-order valence-corrected chi connectivity index (χ4v) is 1.95. The van der Waals surface area contributed by atoms with E-state index in [4.69, 9.17) is 4.74 Å². The SMILES string of the molecule is COc1ccc(CCNC(=O)C(=O)Nc2cccc(F)c2)cc1. The zero-order chi connectivity index (χ0) is 16.7. The highest BCUT2D eigenvalue weighted by atomic mass is 19.1. The van der Waals surface area contributed by atoms with Gasteiger partial charge in [-0.15, -0.1) is 0 Å². The summed E-state index contributed by atoms with van der Waals surface area (Å²) in [4.78, 5) is 23.4. The van der Waals surface area contributed by atoms with Crippen LogP contribution in [0.5, 0.6) is 5.75 Å².